The van der Waals surface area contributed by atoms with Crippen molar-refractivity contribution in [3.05, 3.63) is 15.9 Å². The lowest BCUT2D eigenvalue weighted by Crippen LogP contribution is -2.28. The van der Waals surface area contributed by atoms with Crippen LogP contribution in [0.15, 0.2) is 4.47 Å². The summed E-state index contributed by atoms with van der Waals surface area (Å²) in [5.74, 6) is 0.648. The topological polar surface area (TPSA) is 39.1 Å². The number of halogens is 1. The second kappa shape index (κ2) is 9.53. The van der Waals surface area contributed by atoms with E-state index >= 15 is 0 Å². The molecule has 1 aromatic heterocycles. The molecule has 5 heteroatoms. The molecule has 0 saturated heterocycles. The highest BCUT2D eigenvalue weighted by Crippen LogP contribution is 2.25. The van der Waals surface area contributed by atoms with Crippen LogP contribution in [0, 0.1) is 12.8 Å². The van der Waals surface area contributed by atoms with Crippen molar-refractivity contribution >= 4 is 15.9 Å². The Morgan fingerprint density at radius 2 is 2.15 bits per heavy atom. The maximum Gasteiger partial charge on any atom is 0.0738 e. The lowest BCUT2D eigenvalue weighted by atomic mass is 9.97. The van der Waals surface area contributed by atoms with Crippen LogP contribution >= 0.6 is 15.9 Å². The molecule has 1 N–H and O–H groups in total. The first-order valence-corrected chi connectivity index (χ1v) is 8.34. The fourth-order valence-electron chi connectivity index (χ4n) is 2.50. The lowest BCUT2D eigenvalue weighted by molar-refractivity contribution is 0.197. The molecule has 20 heavy (non-hydrogen) atoms. The van der Waals surface area contributed by atoms with Crippen LogP contribution < -0.4 is 5.32 Å². The van der Waals surface area contributed by atoms with Gasteiger partial charge in [-0.25, -0.2) is 0 Å². The van der Waals surface area contributed by atoms with Gasteiger partial charge in [-0.3, -0.25) is 4.68 Å². The second-order valence-electron chi connectivity index (χ2n) is 5.22. The van der Waals surface area contributed by atoms with E-state index in [9.17, 15) is 0 Å². The number of nitrogens with one attached hydrogen (secondary N) is 1. The zero-order valence-corrected chi connectivity index (χ0v) is 14.8. The van der Waals surface area contributed by atoms with Gasteiger partial charge >= 0.3 is 0 Å². The Kier molecular flexibility index (Phi) is 8.41. The Hall–Kier alpha value is -0.390. The molecule has 1 unspecified atom stereocenters. The predicted octanol–water partition coefficient (Wildman–Crippen LogP) is 3.17. The van der Waals surface area contributed by atoms with E-state index in [0.717, 1.165) is 38.4 Å². The average Bonchev–Trinajstić information content (AvgIpc) is 2.71. The summed E-state index contributed by atoms with van der Waals surface area (Å²) in [7, 11) is 1.74. The van der Waals surface area contributed by atoms with E-state index in [4.69, 9.17) is 4.74 Å². The van der Waals surface area contributed by atoms with Crippen LogP contribution in [0.2, 0.25) is 0 Å². The molecule has 4 nitrogen and oxygen atoms in total. The van der Waals surface area contributed by atoms with Crippen LogP contribution in [0.25, 0.3) is 0 Å². The van der Waals surface area contributed by atoms with Crippen LogP contribution in [0.5, 0.6) is 0 Å². The summed E-state index contributed by atoms with van der Waals surface area (Å²) in [5.41, 5.74) is 2.42. The largest absolute Gasteiger partial charge is 0.383 e. The molecule has 1 rings (SSSR count). The molecular formula is C15H28BrN3O. The SMILES string of the molecule is CCCC(CNCCOC)Cc1c(Br)c(C)nn1CC. The molecule has 0 radical (unpaired) electrons. The van der Waals surface area contributed by atoms with Crippen molar-refractivity contribution in [1.29, 1.82) is 0 Å². The van der Waals surface area contributed by atoms with Gasteiger partial charge < -0.3 is 10.1 Å². The Bertz CT molecular complexity index is 393. The smallest absolute Gasteiger partial charge is 0.0738 e. The highest BCUT2D eigenvalue weighted by atomic mass is 79.9. The van der Waals surface area contributed by atoms with Crippen molar-refractivity contribution in [3.63, 3.8) is 0 Å². The minimum atomic E-state index is 0.648. The Morgan fingerprint density at radius 3 is 2.75 bits per heavy atom. The fourth-order valence-corrected chi connectivity index (χ4v) is 2.95. The van der Waals surface area contributed by atoms with E-state index in [1.54, 1.807) is 7.11 Å². The van der Waals surface area contributed by atoms with Crippen LogP contribution in [0.1, 0.15) is 38.1 Å². The van der Waals surface area contributed by atoms with E-state index in [0.29, 0.717) is 5.92 Å². The standard InChI is InChI=1S/C15H28BrN3O/c1-5-7-13(11-17-8-9-20-4)10-14-15(16)12(3)18-19(14)6-2/h13,17H,5-11H2,1-4H3. The van der Waals surface area contributed by atoms with Gasteiger partial charge in [-0.2, -0.15) is 5.10 Å². The minimum absolute atomic E-state index is 0.648. The van der Waals surface area contributed by atoms with Gasteiger partial charge in [-0.05, 0) is 55.1 Å². The zero-order valence-electron chi connectivity index (χ0n) is 13.2. The predicted molar refractivity (Wildman–Crippen MR) is 87.2 cm³/mol. The minimum Gasteiger partial charge on any atom is -0.383 e. The highest BCUT2D eigenvalue weighted by molar-refractivity contribution is 9.10. The zero-order chi connectivity index (χ0) is 15.0. The number of nitrogens with zero attached hydrogens (tertiary/aromatic N) is 2. The van der Waals surface area contributed by atoms with E-state index in [2.05, 4.69) is 51.8 Å². The summed E-state index contributed by atoms with van der Waals surface area (Å²) >= 11 is 3.69. The van der Waals surface area contributed by atoms with Crippen LogP contribution in [0.4, 0.5) is 0 Å². The maximum absolute atomic E-state index is 5.08. The summed E-state index contributed by atoms with van der Waals surface area (Å²) in [6.45, 7) is 10.1. The lowest BCUT2D eigenvalue weighted by Gasteiger charge is -2.18. The highest BCUT2D eigenvalue weighted by Gasteiger charge is 2.17. The number of hydrogen-bond acceptors (Lipinski definition) is 3. The number of ether oxygens (including phenoxy) is 1. The Labute approximate surface area is 131 Å². The number of rotatable bonds is 10. The molecule has 0 amide bonds. The molecular weight excluding hydrogens is 318 g/mol. The Morgan fingerprint density at radius 1 is 1.40 bits per heavy atom. The van der Waals surface area contributed by atoms with E-state index < -0.39 is 0 Å². The molecule has 0 aliphatic rings. The number of aryl methyl sites for hydroxylation is 2. The van der Waals surface area contributed by atoms with Crippen LogP contribution in [-0.4, -0.2) is 36.6 Å². The summed E-state index contributed by atoms with van der Waals surface area (Å²) in [6.07, 6.45) is 3.52. The quantitative estimate of drug-likeness (QED) is 0.662. The average molecular weight is 346 g/mol. The fraction of sp³-hybridized carbons (Fsp3) is 0.800. The molecule has 0 aliphatic heterocycles. The third-order valence-corrected chi connectivity index (χ3v) is 4.58. The van der Waals surface area contributed by atoms with Gasteiger partial charge in [0.1, 0.15) is 0 Å². The van der Waals surface area contributed by atoms with Crippen LogP contribution in [0.3, 0.4) is 0 Å². The van der Waals surface area contributed by atoms with Gasteiger partial charge in [0.15, 0.2) is 0 Å². The van der Waals surface area contributed by atoms with Gasteiger partial charge in [-0.15, -0.1) is 0 Å². The van der Waals surface area contributed by atoms with Crippen molar-refractivity contribution in [1.82, 2.24) is 15.1 Å². The van der Waals surface area contributed by atoms with E-state index in [1.807, 2.05) is 0 Å². The Balaban J connectivity index is 2.64. The van der Waals surface area contributed by atoms with Gasteiger partial charge in [0.2, 0.25) is 0 Å². The van der Waals surface area contributed by atoms with Crippen molar-refractivity contribution in [2.75, 3.05) is 26.8 Å². The van der Waals surface area contributed by atoms with Crippen molar-refractivity contribution in [2.24, 2.45) is 5.92 Å². The number of methoxy groups -OCH3 is 1. The monoisotopic (exact) mass is 345 g/mol. The molecule has 0 spiro atoms. The van der Waals surface area contributed by atoms with Gasteiger partial charge in [-0.1, -0.05) is 13.3 Å². The van der Waals surface area contributed by atoms with E-state index in [1.165, 1.54) is 23.0 Å². The van der Waals surface area contributed by atoms with Crippen molar-refractivity contribution in [3.8, 4) is 0 Å². The first kappa shape index (κ1) is 17.7. The third-order valence-electron chi connectivity index (χ3n) is 3.55. The van der Waals surface area contributed by atoms with Crippen molar-refractivity contribution < 1.29 is 4.74 Å². The first-order chi connectivity index (χ1) is 9.63. The molecule has 0 aromatic carbocycles. The number of hydrogen-bond donors (Lipinski definition) is 1. The van der Waals surface area contributed by atoms with Gasteiger partial charge in [0, 0.05) is 20.2 Å². The number of aromatic nitrogens is 2. The molecule has 0 fully saturated rings. The third kappa shape index (κ3) is 5.19. The van der Waals surface area contributed by atoms with Crippen molar-refractivity contribution in [2.45, 2.75) is 46.6 Å². The molecule has 1 aromatic rings. The summed E-state index contributed by atoms with van der Waals surface area (Å²) < 4.78 is 8.38. The summed E-state index contributed by atoms with van der Waals surface area (Å²) in [4.78, 5) is 0. The molecule has 0 bridgehead atoms. The normalized spacial score (nSPS) is 12.8. The molecule has 116 valence electrons. The summed E-state index contributed by atoms with van der Waals surface area (Å²) in [6, 6.07) is 0. The molecule has 1 heterocycles. The molecule has 0 saturated carbocycles. The molecule has 0 aliphatic carbocycles. The first-order valence-electron chi connectivity index (χ1n) is 7.55. The summed E-state index contributed by atoms with van der Waals surface area (Å²) in [5, 5.41) is 8.07. The van der Waals surface area contributed by atoms with Gasteiger partial charge in [0.25, 0.3) is 0 Å². The molecule has 1 atom stereocenters. The van der Waals surface area contributed by atoms with Gasteiger partial charge in [0.05, 0.1) is 22.5 Å². The second-order valence-corrected chi connectivity index (χ2v) is 6.01. The van der Waals surface area contributed by atoms with Crippen LogP contribution in [-0.2, 0) is 17.7 Å². The maximum atomic E-state index is 5.08. The van der Waals surface area contributed by atoms with E-state index in [-0.39, 0.29) is 0 Å².